The monoisotopic (exact) mass is 200 g/mol. The Morgan fingerprint density at radius 1 is 1.21 bits per heavy atom. The van der Waals surface area contributed by atoms with Gasteiger partial charge in [0.25, 0.3) is 0 Å². The second-order valence-corrected chi connectivity index (χ2v) is 2.99. The number of hydrogen-bond acceptors (Lipinski definition) is 3. The largest absolute Gasteiger partial charge is 0.394 e. The van der Waals surface area contributed by atoms with Gasteiger partial charge >= 0.3 is 0 Å². The van der Waals surface area contributed by atoms with Crippen molar-refractivity contribution in [1.82, 2.24) is 0 Å². The summed E-state index contributed by atoms with van der Waals surface area (Å²) in [5.41, 5.74) is 0. The molecule has 0 bridgehead atoms. The van der Waals surface area contributed by atoms with Crippen molar-refractivity contribution in [1.29, 1.82) is 0 Å². The molecule has 0 spiro atoms. The van der Waals surface area contributed by atoms with Crippen LogP contribution in [0.2, 0.25) is 0 Å². The first kappa shape index (κ1) is 13.4. The van der Waals surface area contributed by atoms with Gasteiger partial charge in [-0.3, -0.25) is 0 Å². The van der Waals surface area contributed by atoms with E-state index in [0.717, 1.165) is 12.8 Å². The third-order valence-electron chi connectivity index (χ3n) is 1.64. The Hall–Kier alpha value is -0.640. The second-order valence-electron chi connectivity index (χ2n) is 2.99. The lowest BCUT2D eigenvalue weighted by Gasteiger charge is -2.05. The zero-order valence-corrected chi connectivity index (χ0v) is 8.72. The van der Waals surface area contributed by atoms with E-state index in [-0.39, 0.29) is 13.2 Å². The summed E-state index contributed by atoms with van der Waals surface area (Å²) in [5, 5.41) is 17.4. The smallest absolute Gasteiger partial charge is 0.100 e. The molecular weight excluding hydrogens is 180 g/mol. The zero-order chi connectivity index (χ0) is 10.6. The van der Waals surface area contributed by atoms with Crippen LogP contribution < -0.4 is 0 Å². The van der Waals surface area contributed by atoms with Gasteiger partial charge in [0.2, 0.25) is 0 Å². The van der Waals surface area contributed by atoms with Gasteiger partial charge < -0.3 is 14.9 Å². The highest BCUT2D eigenvalue weighted by molar-refractivity contribution is 4.86. The summed E-state index contributed by atoms with van der Waals surface area (Å²) in [4.78, 5) is 0. The van der Waals surface area contributed by atoms with Crippen molar-refractivity contribution in [3.05, 3.63) is 24.3 Å². The molecule has 0 amide bonds. The minimum atomic E-state index is -0.758. The Morgan fingerprint density at radius 2 is 1.93 bits per heavy atom. The van der Waals surface area contributed by atoms with Crippen LogP contribution in [0.3, 0.4) is 0 Å². The third-order valence-corrected chi connectivity index (χ3v) is 1.64. The van der Waals surface area contributed by atoms with Crippen LogP contribution in [0.15, 0.2) is 24.3 Å². The number of aliphatic hydroxyl groups excluding tert-OH is 2. The molecule has 0 saturated carbocycles. The normalized spacial score (nSPS) is 14.2. The average Bonchev–Trinajstić information content (AvgIpc) is 2.21. The molecule has 0 aliphatic heterocycles. The topological polar surface area (TPSA) is 49.7 Å². The minimum Gasteiger partial charge on any atom is -0.394 e. The highest BCUT2D eigenvalue weighted by Gasteiger charge is 1.98. The summed E-state index contributed by atoms with van der Waals surface area (Å²) >= 11 is 0. The van der Waals surface area contributed by atoms with Crippen molar-refractivity contribution in [3.8, 4) is 0 Å². The molecule has 0 aliphatic rings. The quantitative estimate of drug-likeness (QED) is 0.458. The Balaban J connectivity index is 3.18. The van der Waals surface area contributed by atoms with Crippen molar-refractivity contribution in [2.45, 2.75) is 25.9 Å². The molecular formula is C11H20O3. The number of rotatable bonds is 8. The van der Waals surface area contributed by atoms with E-state index in [2.05, 4.69) is 6.08 Å². The first-order chi connectivity index (χ1) is 6.81. The maximum absolute atomic E-state index is 8.92. The number of allylic oxidation sites excluding steroid dienone is 3. The summed E-state index contributed by atoms with van der Waals surface area (Å²) in [6.07, 6.45) is 9.41. The molecule has 3 heteroatoms. The van der Waals surface area contributed by atoms with Crippen LogP contribution in [0, 0.1) is 0 Å². The molecule has 0 aromatic rings. The van der Waals surface area contributed by atoms with Crippen LogP contribution in [0.4, 0.5) is 0 Å². The molecule has 0 saturated heterocycles. The van der Waals surface area contributed by atoms with Crippen molar-refractivity contribution in [3.63, 3.8) is 0 Å². The van der Waals surface area contributed by atoms with Gasteiger partial charge in [0.05, 0.1) is 19.8 Å². The lowest BCUT2D eigenvalue weighted by atomic mass is 10.3. The summed E-state index contributed by atoms with van der Waals surface area (Å²) < 4.78 is 5.08. The van der Waals surface area contributed by atoms with Gasteiger partial charge in [-0.25, -0.2) is 0 Å². The maximum Gasteiger partial charge on any atom is 0.100 e. The van der Waals surface area contributed by atoms with Crippen molar-refractivity contribution >= 4 is 0 Å². The Morgan fingerprint density at radius 3 is 2.57 bits per heavy atom. The van der Waals surface area contributed by atoms with Gasteiger partial charge in [0.1, 0.15) is 6.10 Å². The second kappa shape index (κ2) is 10.4. The van der Waals surface area contributed by atoms with Crippen LogP contribution in [0.5, 0.6) is 0 Å². The fourth-order valence-electron chi connectivity index (χ4n) is 0.870. The first-order valence-electron chi connectivity index (χ1n) is 4.94. The molecule has 2 N–H and O–H groups in total. The summed E-state index contributed by atoms with van der Waals surface area (Å²) in [7, 11) is 0. The van der Waals surface area contributed by atoms with E-state index < -0.39 is 6.10 Å². The number of aliphatic hydroxyl groups is 2. The lowest BCUT2D eigenvalue weighted by Crippen LogP contribution is -2.19. The average molecular weight is 200 g/mol. The van der Waals surface area contributed by atoms with E-state index in [1.807, 2.05) is 25.2 Å². The fraction of sp³-hybridized carbons (Fsp3) is 0.636. The molecule has 0 aromatic heterocycles. The molecule has 82 valence electrons. The van der Waals surface area contributed by atoms with Crippen LogP contribution in [0.1, 0.15) is 19.8 Å². The molecule has 0 fully saturated rings. The van der Waals surface area contributed by atoms with E-state index in [9.17, 15) is 0 Å². The van der Waals surface area contributed by atoms with Crippen LogP contribution in [0.25, 0.3) is 0 Å². The van der Waals surface area contributed by atoms with Crippen molar-refractivity contribution in [2.75, 3.05) is 19.8 Å². The maximum atomic E-state index is 8.92. The van der Waals surface area contributed by atoms with Gasteiger partial charge in [-0.2, -0.15) is 0 Å². The number of unbranched alkanes of at least 4 members (excludes halogenated alkanes) is 1. The van der Waals surface area contributed by atoms with E-state index in [1.54, 1.807) is 0 Å². The van der Waals surface area contributed by atoms with E-state index in [1.165, 1.54) is 0 Å². The fourth-order valence-corrected chi connectivity index (χ4v) is 0.870. The molecule has 0 radical (unpaired) electrons. The predicted octanol–water partition coefficient (Wildman–Crippen LogP) is 1.27. The molecule has 1 atom stereocenters. The predicted molar refractivity (Wildman–Crippen MR) is 57.1 cm³/mol. The van der Waals surface area contributed by atoms with Crippen LogP contribution >= 0.6 is 0 Å². The highest BCUT2D eigenvalue weighted by Crippen LogP contribution is 1.93. The summed E-state index contributed by atoms with van der Waals surface area (Å²) in [5.74, 6) is 0. The van der Waals surface area contributed by atoms with Gasteiger partial charge in [-0.1, -0.05) is 24.3 Å². The number of hydrogen-bond donors (Lipinski definition) is 2. The third kappa shape index (κ3) is 9.45. The summed E-state index contributed by atoms with van der Waals surface area (Å²) in [6, 6.07) is 0. The van der Waals surface area contributed by atoms with E-state index in [0.29, 0.717) is 6.61 Å². The molecule has 1 unspecified atom stereocenters. The SMILES string of the molecule is C/C=C/CC/C=C\COCC(O)CO. The van der Waals surface area contributed by atoms with Gasteiger partial charge in [-0.15, -0.1) is 0 Å². The number of ether oxygens (including phenoxy) is 1. The van der Waals surface area contributed by atoms with Crippen LogP contribution in [-0.2, 0) is 4.74 Å². The standard InChI is InChI=1S/C11H20O3/c1-2-3-4-5-6-7-8-14-10-11(13)9-12/h2-3,6-7,11-13H,4-5,8-10H2,1H3/b3-2+,7-6-. The van der Waals surface area contributed by atoms with E-state index in [4.69, 9.17) is 14.9 Å². The highest BCUT2D eigenvalue weighted by atomic mass is 16.5. The lowest BCUT2D eigenvalue weighted by molar-refractivity contribution is 0.0149. The van der Waals surface area contributed by atoms with Crippen molar-refractivity contribution < 1.29 is 14.9 Å². The molecule has 0 aromatic carbocycles. The van der Waals surface area contributed by atoms with Gasteiger partial charge in [0, 0.05) is 0 Å². The molecule has 0 rings (SSSR count). The van der Waals surface area contributed by atoms with Gasteiger partial charge in [-0.05, 0) is 19.8 Å². The van der Waals surface area contributed by atoms with Gasteiger partial charge in [0.15, 0.2) is 0 Å². The molecule has 3 nitrogen and oxygen atoms in total. The Kier molecular flexibility index (Phi) is 9.96. The molecule has 0 heterocycles. The minimum absolute atomic E-state index is 0.190. The Labute approximate surface area is 85.7 Å². The Bertz CT molecular complexity index is 164. The zero-order valence-electron chi connectivity index (χ0n) is 8.72. The summed E-state index contributed by atoms with van der Waals surface area (Å²) in [6.45, 7) is 2.44. The van der Waals surface area contributed by atoms with Crippen LogP contribution in [-0.4, -0.2) is 36.1 Å². The molecule has 14 heavy (non-hydrogen) atoms. The first-order valence-corrected chi connectivity index (χ1v) is 4.94. The van der Waals surface area contributed by atoms with E-state index >= 15 is 0 Å². The molecule has 0 aliphatic carbocycles. The van der Waals surface area contributed by atoms with Crippen molar-refractivity contribution in [2.24, 2.45) is 0 Å².